The van der Waals surface area contributed by atoms with E-state index >= 15 is 0 Å². The van der Waals surface area contributed by atoms with Crippen molar-refractivity contribution >= 4 is 5.78 Å². The zero-order chi connectivity index (χ0) is 10.0. The first-order chi connectivity index (χ1) is 6.72. The number of aliphatic hydroxyl groups is 1. The highest BCUT2D eigenvalue weighted by molar-refractivity contribution is 5.89. The van der Waals surface area contributed by atoms with E-state index in [0.29, 0.717) is 12.8 Å². The predicted octanol–water partition coefficient (Wildman–Crippen LogP) is 2.44. The van der Waals surface area contributed by atoms with Crippen molar-refractivity contribution in [1.82, 2.24) is 0 Å². The van der Waals surface area contributed by atoms with Gasteiger partial charge in [0.05, 0.1) is 0 Å². The molecule has 0 amide bonds. The summed E-state index contributed by atoms with van der Waals surface area (Å²) in [4.78, 5) is 12.0. The van der Waals surface area contributed by atoms with Crippen LogP contribution in [-0.2, 0) is 4.79 Å². The average Bonchev–Trinajstić information content (AvgIpc) is 2.28. The number of Topliss-reactive ketones (excluding diaryl/α,β-unsaturated/α-hetero) is 1. The highest BCUT2D eigenvalue weighted by atomic mass is 16.3. The molecule has 0 unspecified atom stereocenters. The number of carbonyl (C=O) groups is 1. The van der Waals surface area contributed by atoms with Crippen molar-refractivity contribution in [3.05, 3.63) is 0 Å². The molecule has 0 radical (unpaired) electrons. The Morgan fingerprint density at radius 1 is 1.00 bits per heavy atom. The van der Waals surface area contributed by atoms with Gasteiger partial charge < -0.3 is 5.11 Å². The zero-order valence-corrected chi connectivity index (χ0v) is 8.80. The molecular formula is C12H20O2. The van der Waals surface area contributed by atoms with Crippen molar-refractivity contribution in [1.29, 1.82) is 0 Å². The maximum absolute atomic E-state index is 12.0. The summed E-state index contributed by atoms with van der Waals surface area (Å²) in [5.41, 5.74) is -0.943. The minimum atomic E-state index is -0.943. The maximum Gasteiger partial charge on any atom is 0.167 e. The molecule has 2 aliphatic carbocycles. The first kappa shape index (κ1) is 10.2. The van der Waals surface area contributed by atoms with Crippen LogP contribution in [0.15, 0.2) is 0 Å². The molecule has 2 fully saturated rings. The molecule has 0 aromatic carbocycles. The summed E-state index contributed by atoms with van der Waals surface area (Å²) >= 11 is 0. The van der Waals surface area contributed by atoms with Gasteiger partial charge in [0.15, 0.2) is 5.78 Å². The molecule has 0 bridgehead atoms. The summed E-state index contributed by atoms with van der Waals surface area (Å²) in [5, 5.41) is 10.3. The van der Waals surface area contributed by atoms with E-state index in [2.05, 4.69) is 0 Å². The Morgan fingerprint density at radius 3 is 2.00 bits per heavy atom. The Bertz CT molecular complexity index is 210. The van der Waals surface area contributed by atoms with E-state index in [1.807, 2.05) is 0 Å². The van der Waals surface area contributed by atoms with E-state index in [9.17, 15) is 9.90 Å². The molecule has 14 heavy (non-hydrogen) atoms. The van der Waals surface area contributed by atoms with Gasteiger partial charge in [-0.1, -0.05) is 32.1 Å². The van der Waals surface area contributed by atoms with Gasteiger partial charge in [0.1, 0.15) is 5.60 Å². The number of hydrogen-bond acceptors (Lipinski definition) is 2. The topological polar surface area (TPSA) is 37.3 Å². The first-order valence-corrected chi connectivity index (χ1v) is 5.99. The van der Waals surface area contributed by atoms with Gasteiger partial charge in [-0.15, -0.1) is 0 Å². The Labute approximate surface area is 85.7 Å². The Morgan fingerprint density at radius 2 is 1.57 bits per heavy atom. The largest absolute Gasteiger partial charge is 0.382 e. The van der Waals surface area contributed by atoms with Crippen LogP contribution in [0.25, 0.3) is 0 Å². The van der Waals surface area contributed by atoms with Crippen LogP contribution in [0.3, 0.4) is 0 Å². The minimum absolute atomic E-state index is 0.158. The van der Waals surface area contributed by atoms with E-state index < -0.39 is 5.60 Å². The minimum Gasteiger partial charge on any atom is -0.382 e. The van der Waals surface area contributed by atoms with Crippen LogP contribution in [0.2, 0.25) is 0 Å². The van der Waals surface area contributed by atoms with Gasteiger partial charge in [-0.2, -0.15) is 0 Å². The van der Waals surface area contributed by atoms with E-state index in [-0.39, 0.29) is 11.7 Å². The molecule has 2 rings (SSSR count). The van der Waals surface area contributed by atoms with Crippen LogP contribution in [0.1, 0.15) is 57.8 Å². The second-order valence-corrected chi connectivity index (χ2v) is 4.94. The molecule has 2 nitrogen and oxygen atoms in total. The third-order valence-corrected chi connectivity index (χ3v) is 3.87. The fourth-order valence-corrected chi connectivity index (χ4v) is 2.61. The number of hydrogen-bond donors (Lipinski definition) is 1. The van der Waals surface area contributed by atoms with Crippen LogP contribution in [-0.4, -0.2) is 16.5 Å². The highest BCUT2D eigenvalue weighted by Crippen LogP contribution is 2.36. The molecule has 2 heteroatoms. The van der Waals surface area contributed by atoms with Crippen molar-refractivity contribution in [3.8, 4) is 0 Å². The molecule has 0 aromatic rings. The molecule has 0 aromatic heterocycles. The fraction of sp³-hybridized carbons (Fsp3) is 0.917. The first-order valence-electron chi connectivity index (χ1n) is 5.99. The lowest BCUT2D eigenvalue weighted by Crippen LogP contribution is -2.44. The summed E-state index contributed by atoms with van der Waals surface area (Å²) in [6.07, 6.45) is 9.03. The average molecular weight is 196 g/mol. The molecule has 0 spiro atoms. The van der Waals surface area contributed by atoms with Gasteiger partial charge in [-0.3, -0.25) is 4.79 Å². The molecule has 2 aliphatic rings. The van der Waals surface area contributed by atoms with Gasteiger partial charge in [-0.05, 0) is 25.7 Å². The molecule has 1 N–H and O–H groups in total. The zero-order valence-electron chi connectivity index (χ0n) is 8.80. The van der Waals surface area contributed by atoms with Crippen LogP contribution < -0.4 is 0 Å². The quantitative estimate of drug-likeness (QED) is 0.689. The summed E-state index contributed by atoms with van der Waals surface area (Å²) in [6, 6.07) is 0. The maximum atomic E-state index is 12.0. The standard InChI is InChI=1S/C12H20O2/c13-11(10-6-5-7-10)12(14)8-3-1-2-4-9-12/h10,14H,1-9H2. The van der Waals surface area contributed by atoms with Crippen LogP contribution in [0.4, 0.5) is 0 Å². The lowest BCUT2D eigenvalue weighted by molar-refractivity contribution is -0.145. The SMILES string of the molecule is O=C(C1CCC1)C1(O)CCCCCC1. The molecular weight excluding hydrogens is 176 g/mol. The predicted molar refractivity (Wildman–Crippen MR) is 55.0 cm³/mol. The van der Waals surface area contributed by atoms with E-state index in [1.54, 1.807) is 0 Å². The normalized spacial score (nSPS) is 27.8. The van der Waals surface area contributed by atoms with Crippen LogP contribution >= 0.6 is 0 Å². The fourth-order valence-electron chi connectivity index (χ4n) is 2.61. The van der Waals surface area contributed by atoms with Gasteiger partial charge in [-0.25, -0.2) is 0 Å². The van der Waals surface area contributed by atoms with Crippen molar-refractivity contribution in [2.24, 2.45) is 5.92 Å². The Kier molecular flexibility index (Phi) is 2.91. The molecule has 0 saturated heterocycles. The Balaban J connectivity index is 2.00. The lowest BCUT2D eigenvalue weighted by Gasteiger charge is -2.33. The van der Waals surface area contributed by atoms with Gasteiger partial charge in [0.2, 0.25) is 0 Å². The van der Waals surface area contributed by atoms with Crippen LogP contribution in [0.5, 0.6) is 0 Å². The van der Waals surface area contributed by atoms with E-state index in [1.165, 1.54) is 19.3 Å². The number of rotatable bonds is 2. The van der Waals surface area contributed by atoms with Gasteiger partial charge >= 0.3 is 0 Å². The van der Waals surface area contributed by atoms with Crippen molar-refractivity contribution in [2.75, 3.05) is 0 Å². The number of carbonyl (C=O) groups excluding carboxylic acids is 1. The molecule has 80 valence electrons. The summed E-state index contributed by atoms with van der Waals surface area (Å²) < 4.78 is 0. The van der Waals surface area contributed by atoms with Crippen LogP contribution in [0, 0.1) is 5.92 Å². The molecule has 0 heterocycles. The third kappa shape index (κ3) is 1.85. The highest BCUT2D eigenvalue weighted by Gasteiger charge is 2.41. The second kappa shape index (κ2) is 4.01. The van der Waals surface area contributed by atoms with Crippen molar-refractivity contribution < 1.29 is 9.90 Å². The van der Waals surface area contributed by atoms with E-state index in [4.69, 9.17) is 0 Å². The monoisotopic (exact) mass is 196 g/mol. The van der Waals surface area contributed by atoms with Gasteiger partial charge in [0, 0.05) is 5.92 Å². The smallest absolute Gasteiger partial charge is 0.167 e. The summed E-state index contributed by atoms with van der Waals surface area (Å²) in [6.45, 7) is 0. The second-order valence-electron chi connectivity index (χ2n) is 4.94. The Hall–Kier alpha value is -0.370. The van der Waals surface area contributed by atoms with Crippen molar-refractivity contribution in [3.63, 3.8) is 0 Å². The molecule has 0 atom stereocenters. The summed E-state index contributed by atoms with van der Waals surface area (Å²) in [5.74, 6) is 0.351. The van der Waals surface area contributed by atoms with Crippen molar-refractivity contribution in [2.45, 2.75) is 63.4 Å². The summed E-state index contributed by atoms with van der Waals surface area (Å²) in [7, 11) is 0. The van der Waals surface area contributed by atoms with E-state index in [0.717, 1.165) is 25.7 Å². The third-order valence-electron chi connectivity index (χ3n) is 3.87. The molecule has 0 aliphatic heterocycles. The number of ketones is 1. The molecule has 2 saturated carbocycles. The lowest BCUT2D eigenvalue weighted by atomic mass is 9.74. The van der Waals surface area contributed by atoms with Gasteiger partial charge in [0.25, 0.3) is 0 Å².